The number of halogens is 2. The number of aromatic nitrogens is 3. The van der Waals surface area contributed by atoms with Crippen molar-refractivity contribution in [1.82, 2.24) is 14.9 Å². The molecule has 1 aromatic heterocycles. The summed E-state index contributed by atoms with van der Waals surface area (Å²) in [6.07, 6.45) is 1.82. The van der Waals surface area contributed by atoms with Crippen LogP contribution in [0.1, 0.15) is 5.56 Å². The van der Waals surface area contributed by atoms with Crippen LogP contribution in [0.15, 0.2) is 77.9 Å². The third kappa shape index (κ3) is 3.31. The minimum atomic E-state index is 0.372. The van der Waals surface area contributed by atoms with Crippen LogP contribution in [0.3, 0.4) is 0 Å². The van der Waals surface area contributed by atoms with Crippen LogP contribution in [0, 0.1) is 4.77 Å². The normalized spacial score (nSPS) is 11.7. The second-order valence-electron chi connectivity index (χ2n) is 6.77. The molecule has 1 N–H and O–H groups in total. The topological polar surface area (TPSA) is 46.0 Å². The van der Waals surface area contributed by atoms with Gasteiger partial charge in [0.05, 0.1) is 11.2 Å². The highest BCUT2D eigenvalue weighted by Gasteiger charge is 2.13. The first-order chi connectivity index (χ1) is 14.6. The van der Waals surface area contributed by atoms with Crippen LogP contribution in [-0.2, 0) is 0 Å². The fourth-order valence-electron chi connectivity index (χ4n) is 3.55. The van der Waals surface area contributed by atoms with Crippen molar-refractivity contribution >= 4 is 63.2 Å². The maximum absolute atomic E-state index is 6.38. The van der Waals surface area contributed by atoms with Gasteiger partial charge in [-0.25, -0.2) is 5.10 Å². The van der Waals surface area contributed by atoms with Gasteiger partial charge in [-0.05, 0) is 58.0 Å². The lowest BCUT2D eigenvalue weighted by Crippen LogP contribution is -1.97. The van der Waals surface area contributed by atoms with Gasteiger partial charge in [-0.1, -0.05) is 71.7 Å². The van der Waals surface area contributed by atoms with Gasteiger partial charge in [-0.3, -0.25) is 0 Å². The van der Waals surface area contributed by atoms with Crippen molar-refractivity contribution in [2.45, 2.75) is 0 Å². The number of fused-ring (bicyclic) bond motifs is 2. The van der Waals surface area contributed by atoms with E-state index in [1.165, 1.54) is 0 Å². The number of aromatic amines is 1. The summed E-state index contributed by atoms with van der Waals surface area (Å²) in [7, 11) is 0. The van der Waals surface area contributed by atoms with E-state index in [0.29, 0.717) is 26.2 Å². The van der Waals surface area contributed by atoms with Gasteiger partial charge in [-0.2, -0.15) is 14.9 Å². The summed E-state index contributed by atoms with van der Waals surface area (Å²) in [5, 5.41) is 17.3. The molecule has 0 aliphatic heterocycles. The molecule has 0 bridgehead atoms. The van der Waals surface area contributed by atoms with Crippen molar-refractivity contribution in [2.24, 2.45) is 5.10 Å². The number of nitrogens with zero attached hydrogens (tertiary/aromatic N) is 3. The Morgan fingerprint density at radius 2 is 1.57 bits per heavy atom. The lowest BCUT2D eigenvalue weighted by molar-refractivity contribution is 0.872. The van der Waals surface area contributed by atoms with Crippen molar-refractivity contribution in [2.75, 3.05) is 0 Å². The lowest BCUT2D eigenvalue weighted by atomic mass is 9.97. The molecule has 5 aromatic rings. The zero-order valence-electron chi connectivity index (χ0n) is 15.5. The van der Waals surface area contributed by atoms with Crippen LogP contribution in [0.25, 0.3) is 32.9 Å². The van der Waals surface area contributed by atoms with Crippen molar-refractivity contribution in [3.8, 4) is 11.4 Å². The van der Waals surface area contributed by atoms with Crippen LogP contribution in [-0.4, -0.2) is 21.1 Å². The highest BCUT2D eigenvalue weighted by molar-refractivity contribution is 7.71. The second-order valence-corrected chi connectivity index (χ2v) is 8.00. The van der Waals surface area contributed by atoms with Gasteiger partial charge in [0.25, 0.3) is 0 Å². The van der Waals surface area contributed by atoms with Crippen LogP contribution >= 0.6 is 35.4 Å². The summed E-state index contributed by atoms with van der Waals surface area (Å²) < 4.78 is 1.94. The van der Waals surface area contributed by atoms with E-state index in [-0.39, 0.29) is 0 Å². The maximum atomic E-state index is 6.38. The van der Waals surface area contributed by atoms with E-state index in [1.807, 2.05) is 30.5 Å². The Balaban J connectivity index is 1.71. The van der Waals surface area contributed by atoms with E-state index >= 15 is 0 Å². The van der Waals surface area contributed by atoms with Gasteiger partial charge in [0.15, 0.2) is 5.82 Å². The monoisotopic (exact) mass is 448 g/mol. The number of rotatable bonds is 3. The Bertz CT molecular complexity index is 1450. The van der Waals surface area contributed by atoms with E-state index in [2.05, 4.69) is 45.6 Å². The minimum Gasteiger partial charge on any atom is -0.250 e. The standard InChI is InChI=1S/C23H14Cl2N4S/c24-16-9-10-19(21(25)12-16)22-27-28-23(30)29(22)26-13-20-17-7-3-1-5-14(17)11-15-6-2-4-8-18(15)20/h1-13H,(H,28,30)/b26-13-. The van der Waals surface area contributed by atoms with Crippen molar-refractivity contribution < 1.29 is 0 Å². The smallest absolute Gasteiger partial charge is 0.216 e. The molecule has 0 saturated heterocycles. The molecular formula is C23H14Cl2N4S. The predicted octanol–water partition coefficient (Wildman–Crippen LogP) is 7.10. The summed E-state index contributed by atoms with van der Waals surface area (Å²) in [6.45, 7) is 0. The number of benzene rings is 4. The Morgan fingerprint density at radius 1 is 0.900 bits per heavy atom. The SMILES string of the molecule is S=c1[nH]nc(-c2ccc(Cl)cc2Cl)n1/N=C\c1c2ccccc2cc2ccccc12. The molecule has 30 heavy (non-hydrogen) atoms. The summed E-state index contributed by atoms with van der Waals surface area (Å²) in [5.41, 5.74) is 1.70. The molecule has 1 heterocycles. The fourth-order valence-corrected chi connectivity index (χ4v) is 4.22. The number of nitrogens with one attached hydrogen (secondary N) is 1. The molecule has 0 aliphatic carbocycles. The average molecular weight is 449 g/mol. The Labute approximate surface area is 187 Å². The Morgan fingerprint density at radius 3 is 2.23 bits per heavy atom. The van der Waals surface area contributed by atoms with Crippen LogP contribution in [0.2, 0.25) is 10.0 Å². The first kappa shape index (κ1) is 19.0. The second kappa shape index (κ2) is 7.69. The average Bonchev–Trinajstić information content (AvgIpc) is 3.11. The van der Waals surface area contributed by atoms with Gasteiger partial charge in [0, 0.05) is 16.1 Å². The van der Waals surface area contributed by atoms with Crippen molar-refractivity contribution in [3.05, 3.63) is 93.2 Å². The molecule has 4 aromatic carbocycles. The molecule has 5 rings (SSSR count). The predicted molar refractivity (Wildman–Crippen MR) is 127 cm³/mol. The third-order valence-corrected chi connectivity index (χ3v) is 5.75. The zero-order chi connectivity index (χ0) is 20.7. The molecule has 0 unspecified atom stereocenters. The highest BCUT2D eigenvalue weighted by atomic mass is 35.5. The molecule has 0 amide bonds. The molecule has 7 heteroatoms. The number of hydrogen-bond donors (Lipinski definition) is 1. The summed E-state index contributed by atoms with van der Waals surface area (Å²) in [5.74, 6) is 0.516. The quantitative estimate of drug-likeness (QED) is 0.181. The molecule has 0 radical (unpaired) electrons. The Kier molecular flexibility index (Phi) is 4.87. The van der Waals surface area contributed by atoms with Crippen molar-refractivity contribution in [3.63, 3.8) is 0 Å². The minimum absolute atomic E-state index is 0.372. The van der Waals surface area contributed by atoms with E-state index in [9.17, 15) is 0 Å². The first-order valence-electron chi connectivity index (χ1n) is 9.19. The van der Waals surface area contributed by atoms with Gasteiger partial charge in [0.1, 0.15) is 0 Å². The molecule has 0 atom stereocenters. The van der Waals surface area contributed by atoms with Crippen LogP contribution in [0.4, 0.5) is 0 Å². The molecule has 0 aliphatic rings. The summed E-state index contributed by atoms with van der Waals surface area (Å²) in [4.78, 5) is 0. The Hall–Kier alpha value is -2.99. The van der Waals surface area contributed by atoms with E-state index < -0.39 is 0 Å². The number of H-pyrrole nitrogens is 1. The molecule has 4 nitrogen and oxygen atoms in total. The molecule has 0 fully saturated rings. The molecule has 146 valence electrons. The fraction of sp³-hybridized carbons (Fsp3) is 0. The molecule has 0 saturated carbocycles. The van der Waals surface area contributed by atoms with E-state index in [4.69, 9.17) is 35.4 Å². The van der Waals surface area contributed by atoms with Crippen LogP contribution < -0.4 is 0 Å². The molecular weight excluding hydrogens is 435 g/mol. The van der Waals surface area contributed by atoms with E-state index in [0.717, 1.165) is 27.1 Å². The lowest BCUT2D eigenvalue weighted by Gasteiger charge is -2.08. The molecule has 0 spiro atoms. The van der Waals surface area contributed by atoms with Gasteiger partial charge >= 0.3 is 0 Å². The largest absolute Gasteiger partial charge is 0.250 e. The van der Waals surface area contributed by atoms with Gasteiger partial charge < -0.3 is 0 Å². The third-order valence-electron chi connectivity index (χ3n) is 4.94. The summed E-state index contributed by atoms with van der Waals surface area (Å²) >= 11 is 17.8. The van der Waals surface area contributed by atoms with Gasteiger partial charge in [-0.15, -0.1) is 0 Å². The van der Waals surface area contributed by atoms with E-state index in [1.54, 1.807) is 22.9 Å². The number of hydrogen-bond acceptors (Lipinski definition) is 3. The first-order valence-corrected chi connectivity index (χ1v) is 10.4. The maximum Gasteiger partial charge on any atom is 0.216 e. The van der Waals surface area contributed by atoms with Crippen molar-refractivity contribution in [1.29, 1.82) is 0 Å². The summed E-state index contributed by atoms with van der Waals surface area (Å²) in [6, 6.07) is 23.9. The highest BCUT2D eigenvalue weighted by Crippen LogP contribution is 2.30. The van der Waals surface area contributed by atoms with Gasteiger partial charge in [0.2, 0.25) is 4.77 Å². The van der Waals surface area contributed by atoms with Crippen LogP contribution in [0.5, 0.6) is 0 Å². The zero-order valence-corrected chi connectivity index (χ0v) is 17.8.